The van der Waals surface area contributed by atoms with Crippen molar-refractivity contribution in [3.63, 3.8) is 0 Å². The van der Waals surface area contributed by atoms with Crippen molar-refractivity contribution in [2.75, 3.05) is 16.8 Å². The van der Waals surface area contributed by atoms with Crippen molar-refractivity contribution in [1.29, 1.82) is 5.53 Å². The van der Waals surface area contributed by atoms with E-state index in [1.54, 1.807) is 47.4 Å². The Bertz CT molecular complexity index is 1600. The van der Waals surface area contributed by atoms with E-state index in [1.807, 2.05) is 19.1 Å². The highest BCUT2D eigenvalue weighted by atomic mass is 16.3. The molecule has 1 unspecified atom stereocenters. The number of unbranched alkanes of at least 4 members (excludes halogenated alkanes) is 1. The molecule has 12 nitrogen and oxygen atoms in total. The number of benzene rings is 3. The lowest BCUT2D eigenvalue weighted by Gasteiger charge is -2.26. The highest BCUT2D eigenvalue weighted by Crippen LogP contribution is 2.35. The van der Waals surface area contributed by atoms with Crippen LogP contribution >= 0.6 is 0 Å². The third-order valence-electron chi connectivity index (χ3n) is 8.60. The fourth-order valence-electron chi connectivity index (χ4n) is 6.08. The number of carbonyl (C=O) groups excluding carboxylic acids is 3. The van der Waals surface area contributed by atoms with Crippen LogP contribution in [0.5, 0.6) is 0 Å². The Morgan fingerprint density at radius 3 is 2.43 bits per heavy atom. The smallest absolute Gasteiger partial charge is 0.326 e. The molecule has 0 saturated heterocycles. The number of amides is 4. The third kappa shape index (κ3) is 7.40. The van der Waals surface area contributed by atoms with Gasteiger partial charge in [-0.3, -0.25) is 19.8 Å². The van der Waals surface area contributed by atoms with Gasteiger partial charge in [0.15, 0.2) is 6.23 Å². The van der Waals surface area contributed by atoms with Crippen LogP contribution in [0, 0.1) is 5.53 Å². The maximum Gasteiger partial charge on any atom is 0.326 e. The van der Waals surface area contributed by atoms with Crippen molar-refractivity contribution in [3.8, 4) is 0 Å². The van der Waals surface area contributed by atoms with E-state index in [2.05, 4.69) is 33.1 Å². The number of nitrogens with two attached hydrogens (primary N) is 1. The maximum atomic E-state index is 13.9. The number of fused-ring (bicyclic) bond motifs is 1. The molecule has 1 heterocycles. The number of aliphatic hydroxyl groups is 1. The topological polar surface area (TPSA) is 177 Å². The standard InChI is InChI=1S/C34H40N8O4/c1-2-3-19-41-31(44)28-18-15-26(20-29(28)32(41)45)37-34(46)42(27-16-13-24(14-17-27)23-7-5-4-6-8-23)21-22-9-11-25(12-10-22)30(43)38-33(35)39-40-36/h9-18,20,23,32,45H,2-8,19,21H2,1H3,(H,37,46)(H4,35,36,38,39,43). The second-order valence-corrected chi connectivity index (χ2v) is 11.7. The third-order valence-corrected chi connectivity index (χ3v) is 8.60. The van der Waals surface area contributed by atoms with Gasteiger partial charge in [-0.1, -0.05) is 62.0 Å². The Morgan fingerprint density at radius 2 is 1.76 bits per heavy atom. The van der Waals surface area contributed by atoms with E-state index < -0.39 is 18.2 Å². The van der Waals surface area contributed by atoms with Crippen molar-refractivity contribution in [2.45, 2.75) is 70.6 Å². The number of nitrogens with zero attached hydrogens (tertiary/aromatic N) is 4. The average Bonchev–Trinajstić information content (AvgIpc) is 3.31. The molecule has 6 N–H and O–H groups in total. The summed E-state index contributed by atoms with van der Waals surface area (Å²) in [5.74, 6) is -0.488. The molecule has 0 spiro atoms. The molecule has 5 rings (SSSR count). The minimum absolute atomic E-state index is 0.203. The lowest BCUT2D eigenvalue weighted by molar-refractivity contribution is 0.0171. The molecule has 1 saturated carbocycles. The Labute approximate surface area is 268 Å². The molecular weight excluding hydrogens is 584 g/mol. The van der Waals surface area contributed by atoms with Crippen LogP contribution in [-0.4, -0.2) is 40.4 Å². The first-order valence-corrected chi connectivity index (χ1v) is 15.7. The molecule has 46 heavy (non-hydrogen) atoms. The molecule has 12 heteroatoms. The normalized spacial score (nSPS) is 16.6. The fourth-order valence-corrected chi connectivity index (χ4v) is 6.08. The lowest BCUT2D eigenvalue weighted by Crippen LogP contribution is -2.36. The van der Waals surface area contributed by atoms with Gasteiger partial charge in [0.2, 0.25) is 5.96 Å². The number of rotatable bonds is 10. The molecule has 1 aliphatic carbocycles. The molecule has 1 atom stereocenters. The van der Waals surface area contributed by atoms with Crippen LogP contribution < -0.4 is 21.3 Å². The van der Waals surface area contributed by atoms with Crippen molar-refractivity contribution < 1.29 is 19.5 Å². The van der Waals surface area contributed by atoms with Crippen LogP contribution in [0.4, 0.5) is 16.2 Å². The number of anilines is 2. The Hall–Kier alpha value is -5.10. The first-order valence-electron chi connectivity index (χ1n) is 15.7. The summed E-state index contributed by atoms with van der Waals surface area (Å²) in [4.78, 5) is 42.3. The van der Waals surface area contributed by atoms with Gasteiger partial charge in [-0.25, -0.2) is 4.79 Å². The fraction of sp³-hybridized carbons (Fsp3) is 0.353. The van der Waals surface area contributed by atoms with E-state index in [0.717, 1.165) is 18.4 Å². The molecule has 1 fully saturated rings. The lowest BCUT2D eigenvalue weighted by atomic mass is 9.84. The van der Waals surface area contributed by atoms with Gasteiger partial charge in [-0.05, 0) is 84.0 Å². The van der Waals surface area contributed by atoms with E-state index in [1.165, 1.54) is 42.6 Å². The first-order chi connectivity index (χ1) is 22.3. The SMILES string of the molecule is CCCCN1C(=O)c2ccc(NC(=O)N(Cc3ccc(C(=O)NC(N)=NN=N)cc3)c3ccc(C4CCCCC4)cc3)cc2C1O. The number of aliphatic hydroxyl groups excluding tert-OH is 1. The van der Waals surface area contributed by atoms with Crippen molar-refractivity contribution in [2.24, 2.45) is 16.1 Å². The van der Waals surface area contributed by atoms with Crippen LogP contribution in [0.1, 0.15) is 101 Å². The summed E-state index contributed by atoms with van der Waals surface area (Å²) in [6, 6.07) is 19.4. The van der Waals surface area contributed by atoms with Crippen LogP contribution in [0.2, 0.25) is 0 Å². The minimum atomic E-state index is -1.06. The second-order valence-electron chi connectivity index (χ2n) is 11.7. The van der Waals surface area contributed by atoms with Gasteiger partial charge in [0.25, 0.3) is 11.8 Å². The second kappa shape index (κ2) is 14.8. The zero-order valence-electron chi connectivity index (χ0n) is 25.9. The highest BCUT2D eigenvalue weighted by molar-refractivity contribution is 6.05. The van der Waals surface area contributed by atoms with Crippen LogP contribution in [-0.2, 0) is 6.54 Å². The predicted octanol–water partition coefficient (Wildman–Crippen LogP) is 6.21. The highest BCUT2D eigenvalue weighted by Gasteiger charge is 2.35. The zero-order chi connectivity index (χ0) is 32.6. The van der Waals surface area contributed by atoms with E-state index in [9.17, 15) is 19.5 Å². The Balaban J connectivity index is 1.37. The number of guanidine groups is 1. The van der Waals surface area contributed by atoms with E-state index in [0.29, 0.717) is 40.5 Å². The monoisotopic (exact) mass is 624 g/mol. The molecule has 2 aliphatic rings. The van der Waals surface area contributed by atoms with Gasteiger partial charge in [0.05, 0.1) is 6.54 Å². The Morgan fingerprint density at radius 1 is 1.04 bits per heavy atom. The summed E-state index contributed by atoms with van der Waals surface area (Å²) in [6.45, 7) is 2.69. The zero-order valence-corrected chi connectivity index (χ0v) is 25.9. The van der Waals surface area contributed by atoms with Crippen LogP contribution in [0.25, 0.3) is 0 Å². The predicted molar refractivity (Wildman–Crippen MR) is 175 cm³/mol. The van der Waals surface area contributed by atoms with Crippen molar-refractivity contribution in [1.82, 2.24) is 10.2 Å². The van der Waals surface area contributed by atoms with E-state index in [4.69, 9.17) is 11.3 Å². The van der Waals surface area contributed by atoms with Gasteiger partial charge >= 0.3 is 6.03 Å². The summed E-state index contributed by atoms with van der Waals surface area (Å²) in [5, 5.41) is 22.3. The van der Waals surface area contributed by atoms with E-state index in [-0.39, 0.29) is 18.4 Å². The molecule has 3 aromatic carbocycles. The van der Waals surface area contributed by atoms with Gasteiger partial charge in [-0.2, -0.15) is 5.53 Å². The minimum Gasteiger partial charge on any atom is -0.369 e. The first kappa shape index (κ1) is 32.3. The quantitative estimate of drug-likeness (QED) is 0.0778. The Kier molecular flexibility index (Phi) is 10.4. The van der Waals surface area contributed by atoms with Gasteiger partial charge in [0, 0.05) is 34.6 Å². The summed E-state index contributed by atoms with van der Waals surface area (Å²) in [7, 11) is 0. The molecule has 240 valence electrons. The van der Waals surface area contributed by atoms with Gasteiger partial charge in [-0.15, -0.1) is 0 Å². The maximum absolute atomic E-state index is 13.9. The summed E-state index contributed by atoms with van der Waals surface area (Å²) in [6.07, 6.45) is 6.68. The largest absolute Gasteiger partial charge is 0.369 e. The average molecular weight is 625 g/mol. The number of hydrogen-bond donors (Lipinski definition) is 5. The number of hydrogen-bond acceptors (Lipinski definition) is 6. The van der Waals surface area contributed by atoms with E-state index >= 15 is 0 Å². The molecule has 4 amide bonds. The van der Waals surface area contributed by atoms with Crippen molar-refractivity contribution >= 4 is 35.2 Å². The molecule has 0 radical (unpaired) electrons. The van der Waals surface area contributed by atoms with Crippen molar-refractivity contribution in [3.05, 3.63) is 94.5 Å². The van der Waals surface area contributed by atoms with Gasteiger partial charge < -0.3 is 21.1 Å². The number of urea groups is 1. The number of nitrogens with one attached hydrogen (secondary N) is 3. The molecule has 0 aromatic heterocycles. The number of carbonyl (C=O) groups is 3. The summed E-state index contributed by atoms with van der Waals surface area (Å²) < 4.78 is 0. The molecule has 1 aliphatic heterocycles. The summed E-state index contributed by atoms with van der Waals surface area (Å²) in [5.41, 5.74) is 16.7. The van der Waals surface area contributed by atoms with Gasteiger partial charge in [0.1, 0.15) is 0 Å². The molecule has 3 aromatic rings. The molecule has 0 bridgehead atoms. The van der Waals surface area contributed by atoms with Crippen LogP contribution in [0.3, 0.4) is 0 Å². The molecular formula is C34H40N8O4. The summed E-state index contributed by atoms with van der Waals surface area (Å²) >= 11 is 0. The van der Waals surface area contributed by atoms with Crippen LogP contribution in [0.15, 0.2) is 77.1 Å².